The Morgan fingerprint density at radius 2 is 2.23 bits per heavy atom. The highest BCUT2D eigenvalue weighted by Crippen LogP contribution is 2.16. The van der Waals surface area contributed by atoms with Gasteiger partial charge >= 0.3 is 0 Å². The van der Waals surface area contributed by atoms with Crippen LogP contribution in [0.25, 0.3) is 0 Å². The lowest BCUT2D eigenvalue weighted by Crippen LogP contribution is -2.18. The number of aromatic nitrogens is 2. The number of primary amides is 1. The zero-order valence-electron chi connectivity index (χ0n) is 6.21. The first kappa shape index (κ1) is 9.89. The van der Waals surface area contributed by atoms with Crippen LogP contribution in [0.15, 0.2) is 4.34 Å². The third kappa shape index (κ3) is 2.37. The van der Waals surface area contributed by atoms with E-state index in [4.69, 9.17) is 11.5 Å². The summed E-state index contributed by atoms with van der Waals surface area (Å²) in [5, 5.41) is 7.17. The van der Waals surface area contributed by atoms with E-state index < -0.39 is 15.7 Å². The molecule has 0 bridgehead atoms. The lowest BCUT2D eigenvalue weighted by atomic mass is 10.8. The second-order valence-corrected chi connectivity index (χ2v) is 5.02. The smallest absolute Gasteiger partial charge is 0.252 e. The molecule has 0 aliphatic heterocycles. The quantitative estimate of drug-likeness (QED) is 0.523. The van der Waals surface area contributed by atoms with E-state index in [-0.39, 0.29) is 9.47 Å². The minimum absolute atomic E-state index is 0.0506. The summed E-state index contributed by atoms with van der Waals surface area (Å²) in [6, 6.07) is 0. The van der Waals surface area contributed by atoms with Gasteiger partial charge in [0.15, 0.2) is 0 Å². The van der Waals surface area contributed by atoms with Gasteiger partial charge in [-0.2, -0.15) is 0 Å². The summed E-state index contributed by atoms with van der Waals surface area (Å²) in [7, 11) is -3.62. The first-order chi connectivity index (χ1) is 5.92. The number of rotatable bonds is 2. The van der Waals surface area contributed by atoms with Gasteiger partial charge in [0.2, 0.25) is 9.47 Å². The van der Waals surface area contributed by atoms with Gasteiger partial charge in [-0.3, -0.25) is 4.79 Å². The van der Waals surface area contributed by atoms with Gasteiger partial charge in [0, 0.05) is 0 Å². The van der Waals surface area contributed by atoms with Crippen LogP contribution in [0.1, 0.15) is 0 Å². The predicted octanol–water partition coefficient (Wildman–Crippen LogP) is -1.48. The summed E-state index contributed by atoms with van der Waals surface area (Å²) in [5.74, 6) is -0.999. The summed E-state index contributed by atoms with van der Waals surface area (Å²) in [6.07, 6.45) is 0. The monoisotopic (exact) mass is 222 g/mol. The van der Waals surface area contributed by atoms with Crippen molar-refractivity contribution in [1.29, 1.82) is 0 Å². The number of nitrogens with two attached hydrogens (primary N) is 2. The number of nitrogens with zero attached hydrogens (tertiary/aromatic N) is 2. The maximum absolute atomic E-state index is 11.3. The number of nitrogen functional groups attached to an aromatic ring is 1. The number of carbonyl (C=O) groups is 1. The highest BCUT2D eigenvalue weighted by Gasteiger charge is 2.13. The first-order valence-electron chi connectivity index (χ1n) is 2.91. The zero-order valence-corrected chi connectivity index (χ0v) is 7.84. The van der Waals surface area contributed by atoms with E-state index in [1.807, 2.05) is 0 Å². The van der Waals surface area contributed by atoms with Gasteiger partial charge in [-0.1, -0.05) is 11.3 Å². The fourth-order valence-corrected chi connectivity index (χ4v) is 2.34. The highest BCUT2D eigenvalue weighted by molar-refractivity contribution is 7.98. The maximum Gasteiger partial charge on any atom is 0.252 e. The summed E-state index contributed by atoms with van der Waals surface area (Å²) in [6.45, 7) is 0. The highest BCUT2D eigenvalue weighted by atomic mass is 32.2. The molecule has 1 aromatic heterocycles. The lowest BCUT2D eigenvalue weighted by Gasteiger charge is -1.93. The standard InChI is InChI=1S/C4H6N4O3S2/c5-2(9)1-13(10,11)4-8-7-3(6)12-4/h1H,(H2,5,9)(H2,6,7)(H,10,11). The molecule has 0 aliphatic rings. The molecule has 0 fully saturated rings. The second kappa shape index (κ2) is 3.28. The van der Waals surface area contributed by atoms with Gasteiger partial charge in [0.1, 0.15) is 9.80 Å². The number of hydrogen-bond donors (Lipinski definition) is 3. The van der Waals surface area contributed by atoms with Crippen LogP contribution in [0.3, 0.4) is 0 Å². The van der Waals surface area contributed by atoms with Crippen LogP contribution in [0.2, 0.25) is 0 Å². The van der Waals surface area contributed by atoms with Gasteiger partial charge in [-0.25, -0.2) is 4.21 Å². The van der Waals surface area contributed by atoms with Gasteiger partial charge in [0.05, 0.1) is 5.37 Å². The van der Waals surface area contributed by atoms with Gasteiger partial charge in [0.25, 0.3) is 5.91 Å². The van der Waals surface area contributed by atoms with Crippen LogP contribution < -0.4 is 11.5 Å². The third-order valence-corrected chi connectivity index (χ3v) is 3.60. The van der Waals surface area contributed by atoms with Crippen molar-refractivity contribution in [1.82, 2.24) is 10.2 Å². The molecule has 5 N–H and O–H groups in total. The topological polar surface area (TPSA) is 132 Å². The van der Waals surface area contributed by atoms with Crippen LogP contribution in [0.5, 0.6) is 0 Å². The molecule has 7 nitrogen and oxygen atoms in total. The van der Waals surface area contributed by atoms with E-state index in [1.54, 1.807) is 0 Å². The number of amides is 1. The van der Waals surface area contributed by atoms with E-state index in [9.17, 15) is 13.6 Å². The fraction of sp³-hybridized carbons (Fsp3) is 0. The minimum atomic E-state index is -3.62. The molecule has 0 radical (unpaired) electrons. The molecule has 1 unspecified atom stereocenters. The molecule has 1 heterocycles. The first-order valence-corrected chi connectivity index (χ1v) is 5.31. The molecule has 1 amide bonds. The third-order valence-electron chi connectivity index (χ3n) is 0.948. The molecular weight excluding hydrogens is 216 g/mol. The summed E-state index contributed by atoms with van der Waals surface area (Å²) in [4.78, 5) is 10.3. The Bertz CT molecular complexity index is 444. The van der Waals surface area contributed by atoms with Crippen LogP contribution >= 0.6 is 11.3 Å². The molecule has 0 saturated heterocycles. The summed E-state index contributed by atoms with van der Waals surface area (Å²) in [5.41, 5.74) is 9.90. The Hall–Kier alpha value is -1.19. The molecule has 0 aliphatic carbocycles. The number of carbonyl (C=O) groups excluding carboxylic acids is 1. The molecule has 1 aromatic rings. The molecular formula is C4H6N4O3S2. The molecule has 0 saturated carbocycles. The predicted molar refractivity (Wildman–Crippen MR) is 48.6 cm³/mol. The Labute approximate surface area is 77.6 Å². The van der Waals surface area contributed by atoms with E-state index in [0.717, 1.165) is 11.3 Å². The van der Waals surface area contributed by atoms with E-state index in [2.05, 4.69) is 10.2 Å². The Morgan fingerprint density at radius 1 is 1.62 bits per heavy atom. The number of anilines is 1. The van der Waals surface area contributed by atoms with Crippen LogP contribution in [0.4, 0.5) is 5.13 Å². The maximum atomic E-state index is 11.3. The normalized spacial score (nSPS) is 14.8. The van der Waals surface area contributed by atoms with Crippen molar-refractivity contribution in [2.75, 3.05) is 5.73 Å². The molecule has 1 atom stereocenters. The summed E-state index contributed by atoms with van der Waals surface area (Å²) < 4.78 is 20.2. The Morgan fingerprint density at radius 3 is 2.62 bits per heavy atom. The Balaban J connectivity index is 3.23. The molecule has 13 heavy (non-hydrogen) atoms. The van der Waals surface area contributed by atoms with Crippen molar-refractivity contribution in [3.05, 3.63) is 0 Å². The molecule has 1 rings (SSSR count). The van der Waals surface area contributed by atoms with E-state index >= 15 is 0 Å². The SMILES string of the molecule is NC(=O)C=S(=O)(O)c1nnc(N)s1. The average molecular weight is 222 g/mol. The van der Waals surface area contributed by atoms with Crippen molar-refractivity contribution >= 4 is 37.5 Å². The molecule has 0 spiro atoms. The summed E-state index contributed by atoms with van der Waals surface area (Å²) >= 11 is 0.728. The average Bonchev–Trinajstić information content (AvgIpc) is 2.32. The largest absolute Gasteiger partial charge is 0.374 e. The fourth-order valence-electron chi connectivity index (χ4n) is 0.546. The van der Waals surface area contributed by atoms with Crippen LogP contribution in [-0.4, -0.2) is 30.2 Å². The molecule has 9 heteroatoms. The van der Waals surface area contributed by atoms with Gasteiger partial charge in [-0.05, 0) is 0 Å². The lowest BCUT2D eigenvalue weighted by molar-refractivity contribution is -0.111. The van der Waals surface area contributed by atoms with Crippen molar-refractivity contribution in [2.45, 2.75) is 4.34 Å². The van der Waals surface area contributed by atoms with Crippen LogP contribution in [0, 0.1) is 0 Å². The van der Waals surface area contributed by atoms with Crippen molar-refractivity contribution in [3.63, 3.8) is 0 Å². The molecule has 72 valence electrons. The van der Waals surface area contributed by atoms with E-state index in [1.165, 1.54) is 0 Å². The van der Waals surface area contributed by atoms with Crippen molar-refractivity contribution in [2.24, 2.45) is 5.73 Å². The van der Waals surface area contributed by atoms with Gasteiger partial charge < -0.3 is 16.0 Å². The molecule has 0 aromatic carbocycles. The van der Waals surface area contributed by atoms with Crippen molar-refractivity contribution in [3.8, 4) is 0 Å². The van der Waals surface area contributed by atoms with Crippen LogP contribution in [-0.2, 0) is 14.6 Å². The zero-order chi connectivity index (χ0) is 10.1. The van der Waals surface area contributed by atoms with E-state index in [0.29, 0.717) is 5.37 Å². The van der Waals surface area contributed by atoms with Crippen molar-refractivity contribution < 1.29 is 13.6 Å². The minimum Gasteiger partial charge on any atom is -0.374 e. The Kier molecular flexibility index (Phi) is 2.50. The second-order valence-electron chi connectivity index (χ2n) is 2.00. The van der Waals surface area contributed by atoms with Gasteiger partial charge in [-0.15, -0.1) is 10.2 Å². The number of hydrogen-bond acceptors (Lipinski definition) is 6.